The molecule has 0 aliphatic rings. The molecule has 0 saturated heterocycles. The van der Waals surface area contributed by atoms with Crippen LogP contribution in [-0.2, 0) is 6.54 Å². The molecule has 1 heterocycles. The number of aromatic nitrogens is 4. The first kappa shape index (κ1) is 12.4. The summed E-state index contributed by atoms with van der Waals surface area (Å²) >= 11 is 1.72. The van der Waals surface area contributed by atoms with Crippen LogP contribution in [-0.4, -0.2) is 39.0 Å². The summed E-state index contributed by atoms with van der Waals surface area (Å²) in [6, 6.07) is 0. The highest BCUT2D eigenvalue weighted by Gasteiger charge is 2.04. The SMILES string of the molecule is CCCNCCn1nnnc1SCCC. The van der Waals surface area contributed by atoms with Crippen LogP contribution < -0.4 is 5.32 Å². The van der Waals surface area contributed by atoms with Gasteiger partial charge in [0, 0.05) is 12.3 Å². The van der Waals surface area contributed by atoms with Crippen LogP contribution >= 0.6 is 11.8 Å². The first-order valence-electron chi connectivity index (χ1n) is 5.48. The first-order chi connectivity index (χ1) is 7.38. The highest BCUT2D eigenvalue weighted by Crippen LogP contribution is 2.13. The molecule has 0 fully saturated rings. The summed E-state index contributed by atoms with van der Waals surface area (Å²) in [4.78, 5) is 0. The van der Waals surface area contributed by atoms with E-state index in [0.29, 0.717) is 0 Å². The Morgan fingerprint density at radius 3 is 2.87 bits per heavy atom. The molecule has 6 heteroatoms. The molecule has 0 saturated carbocycles. The molecule has 1 aromatic heterocycles. The van der Waals surface area contributed by atoms with Gasteiger partial charge in [-0.05, 0) is 29.8 Å². The average molecular weight is 229 g/mol. The maximum Gasteiger partial charge on any atom is 0.209 e. The third-order valence-corrected chi connectivity index (χ3v) is 3.02. The van der Waals surface area contributed by atoms with Gasteiger partial charge in [-0.25, -0.2) is 4.68 Å². The topological polar surface area (TPSA) is 55.6 Å². The minimum Gasteiger partial charge on any atom is -0.315 e. The van der Waals surface area contributed by atoms with E-state index in [1.165, 1.54) is 0 Å². The van der Waals surface area contributed by atoms with Gasteiger partial charge in [-0.2, -0.15) is 0 Å². The minimum absolute atomic E-state index is 0.846. The predicted molar refractivity (Wildman–Crippen MR) is 62.0 cm³/mol. The molecule has 0 aromatic carbocycles. The van der Waals surface area contributed by atoms with Gasteiger partial charge in [0.1, 0.15) is 0 Å². The molecule has 0 aliphatic carbocycles. The summed E-state index contributed by atoms with van der Waals surface area (Å²) in [7, 11) is 0. The first-order valence-corrected chi connectivity index (χ1v) is 6.46. The quantitative estimate of drug-likeness (QED) is 0.536. The molecule has 0 unspecified atom stereocenters. The molecule has 0 aliphatic heterocycles. The zero-order valence-electron chi connectivity index (χ0n) is 9.44. The Labute approximate surface area is 95.0 Å². The van der Waals surface area contributed by atoms with E-state index in [-0.39, 0.29) is 0 Å². The number of thioether (sulfide) groups is 1. The lowest BCUT2D eigenvalue weighted by Crippen LogP contribution is -2.21. The molecule has 0 spiro atoms. The summed E-state index contributed by atoms with van der Waals surface area (Å²) < 4.78 is 1.86. The second-order valence-electron chi connectivity index (χ2n) is 3.28. The van der Waals surface area contributed by atoms with E-state index in [1.807, 2.05) is 4.68 Å². The zero-order valence-corrected chi connectivity index (χ0v) is 10.3. The molecule has 1 aromatic rings. The highest BCUT2D eigenvalue weighted by atomic mass is 32.2. The average Bonchev–Trinajstić information content (AvgIpc) is 2.69. The van der Waals surface area contributed by atoms with Crippen LogP contribution in [0.5, 0.6) is 0 Å². The molecule has 86 valence electrons. The number of rotatable bonds is 8. The molecular formula is C9H19N5S. The van der Waals surface area contributed by atoms with Gasteiger partial charge in [0.15, 0.2) is 0 Å². The summed E-state index contributed by atoms with van der Waals surface area (Å²) in [5.74, 6) is 1.07. The van der Waals surface area contributed by atoms with Gasteiger partial charge in [-0.15, -0.1) is 5.10 Å². The van der Waals surface area contributed by atoms with E-state index < -0.39 is 0 Å². The molecule has 0 bridgehead atoms. The van der Waals surface area contributed by atoms with Crippen LogP contribution in [0.3, 0.4) is 0 Å². The molecule has 5 nitrogen and oxygen atoms in total. The monoisotopic (exact) mass is 229 g/mol. The van der Waals surface area contributed by atoms with Crippen LogP contribution in [0.1, 0.15) is 26.7 Å². The van der Waals surface area contributed by atoms with Crippen molar-refractivity contribution in [3.05, 3.63) is 0 Å². The smallest absolute Gasteiger partial charge is 0.209 e. The molecule has 0 amide bonds. The maximum atomic E-state index is 3.99. The normalized spacial score (nSPS) is 10.8. The van der Waals surface area contributed by atoms with Gasteiger partial charge < -0.3 is 5.32 Å². The van der Waals surface area contributed by atoms with Crippen molar-refractivity contribution in [2.75, 3.05) is 18.8 Å². The summed E-state index contributed by atoms with van der Waals surface area (Å²) in [6.07, 6.45) is 2.30. The Hall–Kier alpha value is -0.620. The zero-order chi connectivity index (χ0) is 10.9. The van der Waals surface area contributed by atoms with Gasteiger partial charge in [0.25, 0.3) is 0 Å². The second-order valence-corrected chi connectivity index (χ2v) is 4.35. The number of hydrogen-bond donors (Lipinski definition) is 1. The maximum absolute atomic E-state index is 3.99. The Kier molecular flexibility index (Phi) is 6.34. The molecule has 1 rings (SSSR count). The van der Waals surface area contributed by atoms with E-state index in [4.69, 9.17) is 0 Å². The van der Waals surface area contributed by atoms with E-state index >= 15 is 0 Å². The Morgan fingerprint density at radius 1 is 1.27 bits per heavy atom. The van der Waals surface area contributed by atoms with Crippen molar-refractivity contribution in [1.82, 2.24) is 25.5 Å². The van der Waals surface area contributed by atoms with Crippen molar-refractivity contribution in [2.45, 2.75) is 38.4 Å². The van der Waals surface area contributed by atoms with Crippen molar-refractivity contribution < 1.29 is 0 Å². The Morgan fingerprint density at radius 2 is 2.13 bits per heavy atom. The standard InChI is InChI=1S/C9H19N5S/c1-3-5-10-6-7-14-9(11-12-13-14)15-8-4-2/h10H,3-8H2,1-2H3. The third-order valence-electron chi connectivity index (χ3n) is 1.86. The summed E-state index contributed by atoms with van der Waals surface area (Å²) in [5.41, 5.74) is 0. The van der Waals surface area contributed by atoms with Crippen molar-refractivity contribution >= 4 is 11.8 Å². The number of tetrazole rings is 1. The van der Waals surface area contributed by atoms with Crippen LogP contribution in [0.4, 0.5) is 0 Å². The van der Waals surface area contributed by atoms with Crippen LogP contribution in [0.15, 0.2) is 5.16 Å². The van der Waals surface area contributed by atoms with Crippen molar-refractivity contribution in [3.8, 4) is 0 Å². The van der Waals surface area contributed by atoms with Crippen molar-refractivity contribution in [2.24, 2.45) is 0 Å². The van der Waals surface area contributed by atoms with Gasteiger partial charge in [0.2, 0.25) is 5.16 Å². The van der Waals surface area contributed by atoms with Gasteiger partial charge in [-0.3, -0.25) is 0 Å². The Bertz CT molecular complexity index is 263. The minimum atomic E-state index is 0.846. The van der Waals surface area contributed by atoms with Crippen molar-refractivity contribution in [1.29, 1.82) is 0 Å². The molecule has 0 atom stereocenters. The van der Waals surface area contributed by atoms with E-state index in [2.05, 4.69) is 34.7 Å². The van der Waals surface area contributed by atoms with E-state index in [0.717, 1.165) is 43.4 Å². The fourth-order valence-corrected chi connectivity index (χ4v) is 1.88. The van der Waals surface area contributed by atoms with Gasteiger partial charge >= 0.3 is 0 Å². The fraction of sp³-hybridized carbons (Fsp3) is 0.889. The van der Waals surface area contributed by atoms with Crippen LogP contribution in [0.25, 0.3) is 0 Å². The van der Waals surface area contributed by atoms with Gasteiger partial charge in [0.05, 0.1) is 6.54 Å². The Balaban J connectivity index is 2.29. The van der Waals surface area contributed by atoms with Crippen LogP contribution in [0.2, 0.25) is 0 Å². The molecule has 1 N–H and O–H groups in total. The predicted octanol–water partition coefficient (Wildman–Crippen LogP) is 1.17. The number of hydrogen-bond acceptors (Lipinski definition) is 5. The molecule has 0 radical (unpaired) electrons. The lowest BCUT2D eigenvalue weighted by Gasteiger charge is -2.04. The molecular weight excluding hydrogens is 210 g/mol. The van der Waals surface area contributed by atoms with Crippen LogP contribution in [0, 0.1) is 0 Å². The van der Waals surface area contributed by atoms with Crippen molar-refractivity contribution in [3.63, 3.8) is 0 Å². The largest absolute Gasteiger partial charge is 0.315 e. The number of nitrogens with zero attached hydrogens (tertiary/aromatic N) is 4. The van der Waals surface area contributed by atoms with E-state index in [1.54, 1.807) is 11.8 Å². The number of nitrogens with one attached hydrogen (secondary N) is 1. The lowest BCUT2D eigenvalue weighted by atomic mass is 10.5. The molecule has 15 heavy (non-hydrogen) atoms. The summed E-state index contributed by atoms with van der Waals surface area (Å²) in [5, 5.41) is 15.9. The third kappa shape index (κ3) is 4.61. The lowest BCUT2D eigenvalue weighted by molar-refractivity contribution is 0.510. The van der Waals surface area contributed by atoms with E-state index in [9.17, 15) is 0 Å². The second kappa shape index (κ2) is 7.64. The summed E-state index contributed by atoms with van der Waals surface area (Å²) in [6.45, 7) is 7.15. The fourth-order valence-electron chi connectivity index (χ4n) is 1.12. The highest BCUT2D eigenvalue weighted by molar-refractivity contribution is 7.99. The van der Waals surface area contributed by atoms with Gasteiger partial charge in [-0.1, -0.05) is 25.6 Å².